The molecule has 0 heterocycles. The first-order valence-electron chi connectivity index (χ1n) is 5.36. The van der Waals surface area contributed by atoms with Crippen LogP contribution in [-0.4, -0.2) is 55.7 Å². The van der Waals surface area contributed by atoms with E-state index >= 15 is 0 Å². The van der Waals surface area contributed by atoms with Crippen molar-refractivity contribution in [3.8, 4) is 0 Å². The molecule has 19 heavy (non-hydrogen) atoms. The summed E-state index contributed by atoms with van der Waals surface area (Å²) in [4.78, 5) is 22.8. The largest absolute Gasteiger partial charge is 0.465 e. The summed E-state index contributed by atoms with van der Waals surface area (Å²) < 4.78 is 9.30. The number of hydrogen-bond donors (Lipinski definition) is 0. The standard InChI is InChI=1S/C14H12O4.Na/c1-17-13(15)11-5-3-10-8-12(14(16)18-2)6-4-9(10)7-11;/h3-8H,1-2H3;. The maximum atomic E-state index is 11.4. The number of hydrogen-bond acceptors (Lipinski definition) is 4. The Morgan fingerprint density at radius 1 is 0.789 bits per heavy atom. The second-order valence-corrected chi connectivity index (χ2v) is 3.76. The first-order chi connectivity index (χ1) is 8.65. The van der Waals surface area contributed by atoms with Crippen LogP contribution in [0.1, 0.15) is 20.7 Å². The Morgan fingerprint density at radius 3 is 1.47 bits per heavy atom. The van der Waals surface area contributed by atoms with Crippen LogP contribution in [0.5, 0.6) is 0 Å². The predicted molar refractivity (Wildman–Crippen MR) is 72.4 cm³/mol. The molecule has 0 amide bonds. The van der Waals surface area contributed by atoms with E-state index in [1.165, 1.54) is 14.2 Å². The molecule has 0 aromatic heterocycles. The number of ether oxygens (including phenoxy) is 2. The van der Waals surface area contributed by atoms with Gasteiger partial charge in [-0.05, 0) is 35.0 Å². The minimum atomic E-state index is -0.381. The third-order valence-electron chi connectivity index (χ3n) is 2.68. The molecule has 93 valence electrons. The van der Waals surface area contributed by atoms with Gasteiger partial charge in [0.1, 0.15) is 0 Å². The molecule has 0 bridgehead atoms. The first-order valence-corrected chi connectivity index (χ1v) is 5.36. The zero-order valence-corrected chi connectivity index (χ0v) is 13.1. The van der Waals surface area contributed by atoms with Gasteiger partial charge in [0.15, 0.2) is 0 Å². The normalized spacial score (nSPS) is 9.58. The van der Waals surface area contributed by atoms with Crippen LogP contribution in [0.15, 0.2) is 36.4 Å². The monoisotopic (exact) mass is 267 g/mol. The Labute approximate surface area is 133 Å². The van der Waals surface area contributed by atoms with Gasteiger partial charge in [-0.25, -0.2) is 9.59 Å². The summed E-state index contributed by atoms with van der Waals surface area (Å²) in [6.07, 6.45) is 0. The van der Waals surface area contributed by atoms with E-state index < -0.39 is 0 Å². The van der Waals surface area contributed by atoms with Crippen molar-refractivity contribution >= 4 is 52.3 Å². The van der Waals surface area contributed by atoms with Crippen LogP contribution in [-0.2, 0) is 9.47 Å². The zero-order chi connectivity index (χ0) is 13.1. The van der Waals surface area contributed by atoms with E-state index in [9.17, 15) is 9.59 Å². The van der Waals surface area contributed by atoms with Crippen molar-refractivity contribution < 1.29 is 19.1 Å². The predicted octanol–water partition coefficient (Wildman–Crippen LogP) is 2.03. The van der Waals surface area contributed by atoms with Crippen molar-refractivity contribution in [1.29, 1.82) is 0 Å². The Bertz CT molecular complexity index is 567. The third-order valence-corrected chi connectivity index (χ3v) is 2.68. The molecule has 5 heteroatoms. The van der Waals surface area contributed by atoms with Gasteiger partial charge >= 0.3 is 11.9 Å². The van der Waals surface area contributed by atoms with E-state index in [2.05, 4.69) is 9.47 Å². The van der Waals surface area contributed by atoms with Gasteiger partial charge in [0.2, 0.25) is 0 Å². The van der Waals surface area contributed by atoms with Crippen LogP contribution in [0, 0.1) is 0 Å². The van der Waals surface area contributed by atoms with E-state index in [-0.39, 0.29) is 41.5 Å². The fourth-order valence-electron chi connectivity index (χ4n) is 1.74. The van der Waals surface area contributed by atoms with Crippen molar-refractivity contribution in [2.45, 2.75) is 0 Å². The first kappa shape index (κ1) is 15.7. The summed E-state index contributed by atoms with van der Waals surface area (Å²) in [6, 6.07) is 10.3. The molecular weight excluding hydrogens is 255 g/mol. The molecule has 2 aromatic carbocycles. The Hall–Kier alpha value is -1.36. The van der Waals surface area contributed by atoms with Crippen molar-refractivity contribution in [1.82, 2.24) is 0 Å². The quantitative estimate of drug-likeness (QED) is 0.617. The van der Waals surface area contributed by atoms with Crippen LogP contribution in [0.4, 0.5) is 0 Å². The van der Waals surface area contributed by atoms with Crippen LogP contribution in [0.2, 0.25) is 0 Å². The number of carbonyl (C=O) groups excluding carboxylic acids is 2. The molecule has 0 fully saturated rings. The minimum absolute atomic E-state index is 0. The molecule has 0 saturated carbocycles. The fourth-order valence-corrected chi connectivity index (χ4v) is 1.74. The second-order valence-electron chi connectivity index (χ2n) is 3.76. The number of esters is 2. The Kier molecular flexibility index (Phi) is 5.54. The van der Waals surface area contributed by atoms with Gasteiger partial charge in [0, 0.05) is 29.6 Å². The van der Waals surface area contributed by atoms with Gasteiger partial charge in [0.05, 0.1) is 25.3 Å². The van der Waals surface area contributed by atoms with E-state index in [1.807, 2.05) is 0 Å². The van der Waals surface area contributed by atoms with Crippen LogP contribution in [0.3, 0.4) is 0 Å². The van der Waals surface area contributed by atoms with Gasteiger partial charge < -0.3 is 9.47 Å². The van der Waals surface area contributed by atoms with Crippen molar-refractivity contribution in [2.24, 2.45) is 0 Å². The summed E-state index contributed by atoms with van der Waals surface area (Å²) in [5.41, 5.74) is 0.964. The second kappa shape index (κ2) is 6.70. The van der Waals surface area contributed by atoms with Crippen LogP contribution in [0.25, 0.3) is 10.8 Å². The number of methoxy groups -OCH3 is 2. The molecular formula is C14H12NaO4. The number of benzene rings is 2. The van der Waals surface area contributed by atoms with Crippen molar-refractivity contribution in [2.75, 3.05) is 14.2 Å². The summed E-state index contributed by atoms with van der Waals surface area (Å²) in [6.45, 7) is 0. The topological polar surface area (TPSA) is 52.6 Å². The molecule has 0 saturated heterocycles. The van der Waals surface area contributed by atoms with E-state index in [0.29, 0.717) is 11.1 Å². The van der Waals surface area contributed by atoms with Gasteiger partial charge in [-0.3, -0.25) is 0 Å². The van der Waals surface area contributed by atoms with Crippen LogP contribution < -0.4 is 0 Å². The van der Waals surface area contributed by atoms with Gasteiger partial charge in [-0.2, -0.15) is 0 Å². The SMILES string of the molecule is COC(=O)c1ccc2cc(C(=O)OC)ccc2c1.[Na]. The third kappa shape index (κ3) is 3.35. The summed E-state index contributed by atoms with van der Waals surface area (Å²) in [7, 11) is 2.68. The Balaban J connectivity index is 0.00000180. The molecule has 4 nitrogen and oxygen atoms in total. The fraction of sp³-hybridized carbons (Fsp3) is 0.143. The molecule has 0 atom stereocenters. The van der Waals surface area contributed by atoms with Gasteiger partial charge in [-0.15, -0.1) is 0 Å². The molecule has 0 spiro atoms. The number of carbonyl (C=O) groups is 2. The molecule has 0 aliphatic rings. The summed E-state index contributed by atoms with van der Waals surface area (Å²) in [5.74, 6) is -0.761. The molecule has 0 aliphatic carbocycles. The molecule has 2 aromatic rings. The number of rotatable bonds is 2. The molecule has 0 aliphatic heterocycles. The van der Waals surface area contributed by atoms with Crippen LogP contribution >= 0.6 is 0 Å². The van der Waals surface area contributed by atoms with Gasteiger partial charge in [-0.1, -0.05) is 12.1 Å². The van der Waals surface area contributed by atoms with Crippen molar-refractivity contribution in [3.63, 3.8) is 0 Å². The van der Waals surface area contributed by atoms with Crippen molar-refractivity contribution in [3.05, 3.63) is 47.5 Å². The molecule has 2 rings (SSSR count). The maximum absolute atomic E-state index is 11.4. The molecule has 0 N–H and O–H groups in total. The van der Waals surface area contributed by atoms with E-state index in [4.69, 9.17) is 0 Å². The zero-order valence-electron chi connectivity index (χ0n) is 11.1. The average Bonchev–Trinajstić information content (AvgIpc) is 2.44. The summed E-state index contributed by atoms with van der Waals surface area (Å²) in [5, 5.41) is 1.73. The van der Waals surface area contributed by atoms with E-state index in [0.717, 1.165) is 10.8 Å². The Morgan fingerprint density at radius 2 is 1.16 bits per heavy atom. The average molecular weight is 267 g/mol. The molecule has 0 unspecified atom stereocenters. The smallest absolute Gasteiger partial charge is 0.337 e. The van der Waals surface area contributed by atoms with Gasteiger partial charge in [0.25, 0.3) is 0 Å². The molecule has 1 radical (unpaired) electrons. The maximum Gasteiger partial charge on any atom is 0.337 e. The summed E-state index contributed by atoms with van der Waals surface area (Å²) >= 11 is 0. The number of fused-ring (bicyclic) bond motifs is 1. The minimum Gasteiger partial charge on any atom is -0.465 e. The van der Waals surface area contributed by atoms with E-state index in [1.54, 1.807) is 36.4 Å².